The fourth-order valence-electron chi connectivity index (χ4n) is 3.48. The summed E-state index contributed by atoms with van der Waals surface area (Å²) in [4.78, 5) is 49.1. The predicted octanol–water partition coefficient (Wildman–Crippen LogP) is 5.72. The number of nitrogens with one attached hydrogen (secondary N) is 1. The number of rotatable bonds is 8. The van der Waals surface area contributed by atoms with E-state index in [2.05, 4.69) is 26.0 Å². The fourth-order valence-corrected chi connectivity index (χ4v) is 4.27. The molecule has 4 rings (SSSR count). The minimum Gasteiger partial charge on any atom is -0.482 e. The Morgan fingerprint density at radius 1 is 1.18 bits per heavy atom. The number of nitro groups is 1. The van der Waals surface area contributed by atoms with Crippen LogP contribution < -0.4 is 10.1 Å². The SMILES string of the molecule is COC(=O)c1ccc(CN2C(=O)N/C(=C\c3cc(Br)cc([N+](=O)[O-])c3OCc3ccc(Cl)c(Cl)c3)C2=O)o1. The molecular weight excluding hydrogens is 609 g/mol. The van der Waals surface area contributed by atoms with Gasteiger partial charge in [0.05, 0.1) is 28.6 Å². The molecule has 0 radical (unpaired) electrons. The summed E-state index contributed by atoms with van der Waals surface area (Å²) in [5.41, 5.74) is 0.228. The quantitative estimate of drug-likeness (QED) is 0.110. The first kappa shape index (κ1) is 27.2. The first-order valence-corrected chi connectivity index (χ1v) is 12.2. The van der Waals surface area contributed by atoms with Crippen molar-refractivity contribution in [2.75, 3.05) is 7.11 Å². The van der Waals surface area contributed by atoms with E-state index in [1.54, 1.807) is 18.2 Å². The highest BCUT2D eigenvalue weighted by Crippen LogP contribution is 2.37. The van der Waals surface area contributed by atoms with Crippen molar-refractivity contribution < 1.29 is 33.2 Å². The van der Waals surface area contributed by atoms with Crippen molar-refractivity contribution in [1.82, 2.24) is 10.2 Å². The van der Waals surface area contributed by atoms with Crippen LogP contribution in [0.3, 0.4) is 0 Å². The molecule has 0 unspecified atom stereocenters. The Morgan fingerprint density at radius 2 is 1.95 bits per heavy atom. The third kappa shape index (κ3) is 5.82. The monoisotopic (exact) mass is 623 g/mol. The van der Waals surface area contributed by atoms with Crippen LogP contribution in [0, 0.1) is 10.1 Å². The number of urea groups is 1. The number of carbonyl (C=O) groups excluding carboxylic acids is 3. The number of nitro benzene ring substituents is 1. The van der Waals surface area contributed by atoms with Crippen LogP contribution in [0.4, 0.5) is 10.5 Å². The van der Waals surface area contributed by atoms with Crippen LogP contribution >= 0.6 is 39.1 Å². The zero-order valence-electron chi connectivity index (χ0n) is 19.3. The number of furan rings is 1. The van der Waals surface area contributed by atoms with Gasteiger partial charge in [-0.2, -0.15) is 0 Å². The summed E-state index contributed by atoms with van der Waals surface area (Å²) in [6, 6.07) is 9.57. The van der Waals surface area contributed by atoms with E-state index in [0.717, 1.165) is 4.90 Å². The molecule has 14 heteroatoms. The summed E-state index contributed by atoms with van der Waals surface area (Å²) in [6.45, 7) is -0.360. The third-order valence-electron chi connectivity index (χ3n) is 5.25. The fraction of sp³-hybridized carbons (Fsp3) is 0.125. The van der Waals surface area contributed by atoms with E-state index in [-0.39, 0.29) is 52.4 Å². The Kier molecular flexibility index (Phi) is 8.05. The molecule has 11 nitrogen and oxygen atoms in total. The van der Waals surface area contributed by atoms with Crippen LogP contribution in [-0.4, -0.2) is 34.8 Å². The lowest BCUT2D eigenvalue weighted by Crippen LogP contribution is -2.30. The summed E-state index contributed by atoms with van der Waals surface area (Å²) >= 11 is 15.2. The van der Waals surface area contributed by atoms with Gasteiger partial charge in [-0.05, 0) is 42.0 Å². The van der Waals surface area contributed by atoms with Gasteiger partial charge in [-0.25, -0.2) is 9.59 Å². The number of benzene rings is 2. The number of hydrogen-bond donors (Lipinski definition) is 1. The van der Waals surface area contributed by atoms with E-state index in [4.69, 9.17) is 32.4 Å². The maximum absolute atomic E-state index is 13.0. The summed E-state index contributed by atoms with van der Waals surface area (Å²) in [7, 11) is 1.19. The second-order valence-corrected chi connectivity index (χ2v) is 9.50. The molecule has 0 saturated carbocycles. The van der Waals surface area contributed by atoms with Crippen LogP contribution in [0.15, 0.2) is 57.1 Å². The van der Waals surface area contributed by atoms with Gasteiger partial charge in [0.15, 0.2) is 0 Å². The topological polar surface area (TPSA) is 141 Å². The number of methoxy groups -OCH3 is 1. The number of amides is 3. The number of halogens is 3. The van der Waals surface area contributed by atoms with Crippen LogP contribution in [-0.2, 0) is 22.7 Å². The molecule has 3 amide bonds. The van der Waals surface area contributed by atoms with E-state index in [9.17, 15) is 24.5 Å². The van der Waals surface area contributed by atoms with Gasteiger partial charge in [-0.15, -0.1) is 0 Å². The Bertz CT molecular complexity index is 1500. The molecule has 2 heterocycles. The zero-order valence-corrected chi connectivity index (χ0v) is 22.4. The number of nitrogens with zero attached hydrogens (tertiary/aromatic N) is 2. The molecule has 1 aliphatic rings. The lowest BCUT2D eigenvalue weighted by atomic mass is 10.1. The van der Waals surface area contributed by atoms with E-state index in [1.807, 2.05) is 0 Å². The van der Waals surface area contributed by atoms with Crippen molar-refractivity contribution in [3.05, 3.63) is 95.4 Å². The van der Waals surface area contributed by atoms with E-state index in [0.29, 0.717) is 15.1 Å². The molecule has 2 aromatic carbocycles. The zero-order chi connectivity index (χ0) is 27.6. The van der Waals surface area contributed by atoms with Crippen LogP contribution in [0.2, 0.25) is 10.0 Å². The minimum atomic E-state index is -0.750. The predicted molar refractivity (Wildman–Crippen MR) is 139 cm³/mol. The second kappa shape index (κ2) is 11.3. The maximum atomic E-state index is 13.0. The van der Waals surface area contributed by atoms with Crippen molar-refractivity contribution in [3.63, 3.8) is 0 Å². The molecule has 3 aromatic rings. The van der Waals surface area contributed by atoms with Crippen LogP contribution in [0.25, 0.3) is 6.08 Å². The van der Waals surface area contributed by atoms with E-state index < -0.39 is 22.8 Å². The smallest absolute Gasteiger partial charge is 0.373 e. The van der Waals surface area contributed by atoms with Crippen molar-refractivity contribution in [2.24, 2.45) is 0 Å². The second-order valence-electron chi connectivity index (χ2n) is 7.77. The highest BCUT2D eigenvalue weighted by atomic mass is 79.9. The first-order chi connectivity index (χ1) is 18.1. The molecular formula is C24H16BrCl2N3O8. The van der Waals surface area contributed by atoms with Crippen molar-refractivity contribution in [3.8, 4) is 5.75 Å². The van der Waals surface area contributed by atoms with Crippen LogP contribution in [0.5, 0.6) is 5.75 Å². The molecule has 0 spiro atoms. The summed E-state index contributed by atoms with van der Waals surface area (Å²) in [6.07, 6.45) is 1.27. The van der Waals surface area contributed by atoms with Crippen molar-refractivity contribution >= 4 is 68.8 Å². The van der Waals surface area contributed by atoms with E-state index >= 15 is 0 Å². The van der Waals surface area contributed by atoms with Gasteiger partial charge in [0, 0.05) is 16.1 Å². The number of carbonyl (C=O) groups is 3. The van der Waals surface area contributed by atoms with Crippen LogP contribution in [0.1, 0.15) is 27.4 Å². The van der Waals surface area contributed by atoms with E-state index in [1.165, 1.54) is 37.5 Å². The molecule has 0 atom stereocenters. The van der Waals surface area contributed by atoms with Crippen molar-refractivity contribution in [1.29, 1.82) is 0 Å². The third-order valence-corrected chi connectivity index (χ3v) is 6.45. The summed E-state index contributed by atoms with van der Waals surface area (Å²) in [5, 5.41) is 14.8. The van der Waals surface area contributed by atoms with Gasteiger partial charge in [-0.1, -0.05) is 45.2 Å². The van der Waals surface area contributed by atoms with Crippen molar-refractivity contribution in [2.45, 2.75) is 13.2 Å². The molecule has 196 valence electrons. The number of esters is 1. The molecule has 1 fully saturated rings. The molecule has 0 aliphatic carbocycles. The largest absolute Gasteiger partial charge is 0.482 e. The average Bonchev–Trinajstić information content (AvgIpc) is 3.45. The molecule has 1 aromatic heterocycles. The Labute approximate surface area is 233 Å². The molecule has 1 aliphatic heterocycles. The standard InChI is InChI=1S/C24H16BrCl2N3O8/c1-36-23(32)20-5-3-15(38-20)10-29-22(31)18(28-24(29)33)8-13-7-14(25)9-19(30(34)35)21(13)37-11-12-2-4-16(26)17(27)6-12/h2-9H,10-11H2,1H3,(H,28,33)/b18-8-. The minimum absolute atomic E-state index is 0.0875. The molecule has 1 saturated heterocycles. The average molecular weight is 625 g/mol. The molecule has 0 bridgehead atoms. The number of imide groups is 1. The number of ether oxygens (including phenoxy) is 2. The normalized spacial score (nSPS) is 14.1. The molecule has 1 N–H and O–H groups in total. The first-order valence-electron chi connectivity index (χ1n) is 10.6. The van der Waals surface area contributed by atoms with Gasteiger partial charge >= 0.3 is 17.7 Å². The highest BCUT2D eigenvalue weighted by molar-refractivity contribution is 9.10. The number of hydrogen-bond acceptors (Lipinski definition) is 8. The molecule has 38 heavy (non-hydrogen) atoms. The Morgan fingerprint density at radius 3 is 2.63 bits per heavy atom. The van der Waals surface area contributed by atoms with Gasteiger partial charge < -0.3 is 19.2 Å². The lowest BCUT2D eigenvalue weighted by Gasteiger charge is -2.12. The highest BCUT2D eigenvalue weighted by Gasteiger charge is 2.35. The van der Waals surface area contributed by atoms with Gasteiger partial charge in [0.1, 0.15) is 18.1 Å². The van der Waals surface area contributed by atoms with Gasteiger partial charge in [0.2, 0.25) is 11.5 Å². The van der Waals surface area contributed by atoms with Gasteiger partial charge in [-0.3, -0.25) is 19.8 Å². The summed E-state index contributed by atoms with van der Waals surface area (Å²) in [5.74, 6) is -1.48. The Hall–Kier alpha value is -3.87. The lowest BCUT2D eigenvalue weighted by molar-refractivity contribution is -0.386. The maximum Gasteiger partial charge on any atom is 0.373 e. The van der Waals surface area contributed by atoms with Gasteiger partial charge in [0.25, 0.3) is 5.91 Å². The Balaban J connectivity index is 1.63. The summed E-state index contributed by atoms with van der Waals surface area (Å²) < 4.78 is 16.0.